The Morgan fingerprint density at radius 3 is 1.69 bits per heavy atom. The molecule has 29 heavy (non-hydrogen) atoms. The van der Waals surface area contributed by atoms with Crippen LogP contribution in [0.5, 0.6) is 0 Å². The van der Waals surface area contributed by atoms with E-state index in [-0.39, 0.29) is 11.1 Å². The van der Waals surface area contributed by atoms with Gasteiger partial charge in [-0.2, -0.15) is 0 Å². The van der Waals surface area contributed by atoms with Gasteiger partial charge in [-0.25, -0.2) is 9.18 Å². The Bertz CT molecular complexity index is 826. The maximum Gasteiger partial charge on any atom is 0.340 e. The van der Waals surface area contributed by atoms with Gasteiger partial charge in [0.05, 0.1) is 5.56 Å². The van der Waals surface area contributed by atoms with E-state index in [0.717, 1.165) is 6.20 Å². The molecule has 162 valence electrons. The number of carbonyl (C=O) groups excluding carboxylic acids is 1. The van der Waals surface area contributed by atoms with E-state index in [0.29, 0.717) is 0 Å². The molecule has 1 aromatic rings. The van der Waals surface area contributed by atoms with Crippen molar-refractivity contribution in [1.29, 1.82) is 0 Å². The van der Waals surface area contributed by atoms with Crippen molar-refractivity contribution < 1.29 is 33.7 Å². The number of halogens is 1. The molecule has 0 saturated heterocycles. The number of carbonyl (C=O) groups is 3. The third-order valence-corrected chi connectivity index (χ3v) is 4.51. The van der Waals surface area contributed by atoms with Crippen LogP contribution in [-0.2, 0) is 25.2 Å². The lowest BCUT2D eigenvalue weighted by Crippen LogP contribution is -2.55. The van der Waals surface area contributed by atoms with E-state index in [1.165, 1.54) is 20.8 Å². The van der Waals surface area contributed by atoms with Gasteiger partial charge < -0.3 is 14.9 Å². The highest BCUT2D eigenvalue weighted by atomic mass is 19.1. The first kappa shape index (κ1) is 24.5. The molecule has 0 saturated carbocycles. The summed E-state index contributed by atoms with van der Waals surface area (Å²) in [4.78, 5) is 40.8. The van der Waals surface area contributed by atoms with Crippen LogP contribution in [0.4, 0.5) is 4.39 Å². The van der Waals surface area contributed by atoms with Crippen LogP contribution in [0.2, 0.25) is 0 Å². The lowest BCUT2D eigenvalue weighted by atomic mass is 9.63. The number of aromatic nitrogens is 1. The molecule has 0 aromatic carbocycles. The van der Waals surface area contributed by atoms with E-state index < -0.39 is 51.3 Å². The normalized spacial score (nSPS) is 13.2. The number of ether oxygens (including phenoxy) is 1. The molecule has 0 aliphatic rings. The molecule has 0 amide bonds. The average molecular weight is 411 g/mol. The quantitative estimate of drug-likeness (QED) is 0.570. The van der Waals surface area contributed by atoms with Crippen molar-refractivity contribution in [2.75, 3.05) is 0 Å². The molecular formula is C21H30FNO6. The number of nitrogens with zero attached hydrogens (tertiary/aromatic N) is 1. The number of carboxylic acids is 2. The zero-order valence-electron chi connectivity index (χ0n) is 18.4. The van der Waals surface area contributed by atoms with Crippen LogP contribution in [0, 0.1) is 11.2 Å². The number of rotatable bonds is 4. The fourth-order valence-electron chi connectivity index (χ4n) is 3.26. The van der Waals surface area contributed by atoms with E-state index in [1.54, 1.807) is 41.5 Å². The van der Waals surface area contributed by atoms with Crippen molar-refractivity contribution in [3.05, 3.63) is 28.8 Å². The van der Waals surface area contributed by atoms with Crippen LogP contribution < -0.4 is 0 Å². The summed E-state index contributed by atoms with van der Waals surface area (Å²) in [6.45, 7) is 14.0. The molecule has 7 nitrogen and oxygen atoms in total. The molecule has 0 spiro atoms. The minimum atomic E-state index is -2.66. The standard InChI is InChI=1S/C21H30FNO6/c1-18(2,3)12-11(15(24)29-20(7,8)9)10-23-14(13(12)22)21(16(25)26,17(27)28)19(4,5)6/h10H,1-9H3,(H,25,26)(H,27,28). The van der Waals surface area contributed by atoms with Crippen LogP contribution in [0.1, 0.15) is 83.9 Å². The first-order valence-corrected chi connectivity index (χ1v) is 9.18. The topological polar surface area (TPSA) is 114 Å². The highest BCUT2D eigenvalue weighted by Crippen LogP contribution is 2.44. The Kier molecular flexibility index (Phi) is 6.25. The summed E-state index contributed by atoms with van der Waals surface area (Å²) in [6, 6.07) is 0. The molecule has 1 aromatic heterocycles. The number of hydrogen-bond acceptors (Lipinski definition) is 5. The zero-order chi connectivity index (χ0) is 23.2. The van der Waals surface area contributed by atoms with E-state index in [2.05, 4.69) is 4.98 Å². The summed E-state index contributed by atoms with van der Waals surface area (Å²) in [7, 11) is 0. The number of carboxylic acid groups (broad SMARTS) is 2. The first-order chi connectivity index (χ1) is 12.8. The Morgan fingerprint density at radius 2 is 1.38 bits per heavy atom. The first-order valence-electron chi connectivity index (χ1n) is 9.18. The van der Waals surface area contributed by atoms with Gasteiger partial charge in [0.1, 0.15) is 11.3 Å². The van der Waals surface area contributed by atoms with Crippen LogP contribution in [0.15, 0.2) is 6.20 Å². The van der Waals surface area contributed by atoms with Crippen molar-refractivity contribution in [2.24, 2.45) is 5.41 Å². The van der Waals surface area contributed by atoms with E-state index in [9.17, 15) is 24.6 Å². The SMILES string of the molecule is CC(C)(C)OC(=O)c1cnc(C(C(=O)O)(C(=O)O)C(C)(C)C)c(F)c1C(C)(C)C. The summed E-state index contributed by atoms with van der Waals surface area (Å²) in [5.74, 6) is -5.45. The highest BCUT2D eigenvalue weighted by Gasteiger charge is 2.60. The molecule has 0 aliphatic heterocycles. The fraction of sp³-hybridized carbons (Fsp3) is 0.619. The number of esters is 1. The molecule has 0 aliphatic carbocycles. The Labute approximate surface area is 170 Å². The molecular weight excluding hydrogens is 381 g/mol. The van der Waals surface area contributed by atoms with Crippen LogP contribution in [-0.4, -0.2) is 38.7 Å². The second-order valence-electron chi connectivity index (χ2n) is 10.1. The number of aliphatic carboxylic acids is 2. The van der Waals surface area contributed by atoms with Crippen LogP contribution >= 0.6 is 0 Å². The third kappa shape index (κ3) is 4.41. The lowest BCUT2D eigenvalue weighted by Gasteiger charge is -2.38. The van der Waals surface area contributed by atoms with Gasteiger partial charge in [-0.05, 0) is 31.6 Å². The van der Waals surface area contributed by atoms with Crippen molar-refractivity contribution in [2.45, 2.75) is 78.7 Å². The van der Waals surface area contributed by atoms with Gasteiger partial charge in [0.25, 0.3) is 0 Å². The maximum absolute atomic E-state index is 15.8. The minimum Gasteiger partial charge on any atom is -0.480 e. The van der Waals surface area contributed by atoms with Gasteiger partial charge in [0.2, 0.25) is 5.41 Å². The van der Waals surface area contributed by atoms with Gasteiger partial charge in [-0.15, -0.1) is 0 Å². The molecule has 0 bridgehead atoms. The number of pyridine rings is 1. The second-order valence-corrected chi connectivity index (χ2v) is 10.1. The largest absolute Gasteiger partial charge is 0.480 e. The molecule has 0 atom stereocenters. The molecule has 0 fully saturated rings. The van der Waals surface area contributed by atoms with Crippen molar-refractivity contribution in [3.8, 4) is 0 Å². The van der Waals surface area contributed by atoms with Crippen LogP contribution in [0.3, 0.4) is 0 Å². The Morgan fingerprint density at radius 1 is 0.931 bits per heavy atom. The van der Waals surface area contributed by atoms with Gasteiger partial charge in [0, 0.05) is 11.8 Å². The van der Waals surface area contributed by atoms with Gasteiger partial charge >= 0.3 is 17.9 Å². The van der Waals surface area contributed by atoms with Gasteiger partial charge in [0.15, 0.2) is 5.82 Å². The average Bonchev–Trinajstić information content (AvgIpc) is 2.43. The predicted molar refractivity (Wildman–Crippen MR) is 104 cm³/mol. The third-order valence-electron chi connectivity index (χ3n) is 4.51. The minimum absolute atomic E-state index is 0.145. The Balaban J connectivity index is 4.01. The lowest BCUT2D eigenvalue weighted by molar-refractivity contribution is -0.164. The maximum atomic E-state index is 15.8. The summed E-state index contributed by atoms with van der Waals surface area (Å²) in [6.07, 6.45) is 0.999. The fourth-order valence-corrected chi connectivity index (χ4v) is 3.26. The van der Waals surface area contributed by atoms with Gasteiger partial charge in [-0.3, -0.25) is 14.6 Å². The number of hydrogen-bond donors (Lipinski definition) is 2. The molecule has 2 N–H and O–H groups in total. The second kappa shape index (κ2) is 7.39. The molecule has 1 rings (SSSR count). The van der Waals surface area contributed by atoms with Crippen molar-refractivity contribution >= 4 is 17.9 Å². The van der Waals surface area contributed by atoms with E-state index in [1.807, 2.05) is 0 Å². The molecule has 1 heterocycles. The summed E-state index contributed by atoms with van der Waals surface area (Å²) < 4.78 is 21.1. The predicted octanol–water partition coefficient (Wildman–Crippen LogP) is 3.93. The highest BCUT2D eigenvalue weighted by molar-refractivity contribution is 6.05. The van der Waals surface area contributed by atoms with Crippen molar-refractivity contribution in [3.63, 3.8) is 0 Å². The van der Waals surface area contributed by atoms with Gasteiger partial charge in [-0.1, -0.05) is 41.5 Å². The van der Waals surface area contributed by atoms with E-state index in [4.69, 9.17) is 4.74 Å². The smallest absolute Gasteiger partial charge is 0.340 e. The summed E-state index contributed by atoms with van der Waals surface area (Å²) in [5, 5.41) is 19.7. The summed E-state index contributed by atoms with van der Waals surface area (Å²) in [5.41, 5.74) is -6.97. The molecule has 0 unspecified atom stereocenters. The molecule has 0 radical (unpaired) electrons. The molecule has 8 heteroatoms. The summed E-state index contributed by atoms with van der Waals surface area (Å²) >= 11 is 0. The van der Waals surface area contributed by atoms with Crippen molar-refractivity contribution in [1.82, 2.24) is 4.98 Å². The van der Waals surface area contributed by atoms with Crippen LogP contribution in [0.25, 0.3) is 0 Å². The Hall–Kier alpha value is -2.51. The zero-order valence-corrected chi connectivity index (χ0v) is 18.4. The van der Waals surface area contributed by atoms with E-state index >= 15 is 4.39 Å². The monoisotopic (exact) mass is 411 g/mol.